The van der Waals surface area contributed by atoms with Crippen LogP contribution in [0, 0.1) is 0 Å². The quantitative estimate of drug-likeness (QED) is 0.754. The minimum atomic E-state index is 0.159. The number of rotatable bonds is 3. The first-order chi connectivity index (χ1) is 7.29. The van der Waals surface area contributed by atoms with Gasteiger partial charge in [-0.1, -0.05) is 18.7 Å². The summed E-state index contributed by atoms with van der Waals surface area (Å²) >= 11 is 7.26. The molecule has 6 nitrogen and oxygen atoms in total. The van der Waals surface area contributed by atoms with Gasteiger partial charge >= 0.3 is 0 Å². The molecule has 0 spiro atoms. The molecule has 0 unspecified atom stereocenters. The van der Waals surface area contributed by atoms with E-state index in [0.29, 0.717) is 11.1 Å². The number of nitrogens with zero attached hydrogens (tertiary/aromatic N) is 6. The van der Waals surface area contributed by atoms with Gasteiger partial charge in [-0.3, -0.25) is 0 Å². The highest BCUT2D eigenvalue weighted by Gasteiger charge is 2.06. The summed E-state index contributed by atoms with van der Waals surface area (Å²) in [5.74, 6) is 1.25. The van der Waals surface area contributed by atoms with Crippen LogP contribution >= 0.6 is 23.4 Å². The monoisotopic (exact) mass is 242 g/mol. The Morgan fingerprint density at radius 2 is 2.27 bits per heavy atom. The van der Waals surface area contributed by atoms with Crippen LogP contribution in [0.2, 0.25) is 5.28 Å². The standard InChI is InChI=1S/C7H7ClN6S/c1-2-15-7-12-5(8)11-6(13-7)14-4-9-3-10-14/h3-4H,2H2,1H3. The summed E-state index contributed by atoms with van der Waals surface area (Å²) in [6.45, 7) is 2.01. The molecule has 0 saturated heterocycles. The summed E-state index contributed by atoms with van der Waals surface area (Å²) < 4.78 is 1.44. The van der Waals surface area contributed by atoms with Crippen LogP contribution in [0.5, 0.6) is 0 Å². The Morgan fingerprint density at radius 1 is 1.40 bits per heavy atom. The van der Waals surface area contributed by atoms with Crippen molar-refractivity contribution in [2.45, 2.75) is 12.1 Å². The van der Waals surface area contributed by atoms with Gasteiger partial charge in [0.25, 0.3) is 5.95 Å². The number of aromatic nitrogens is 6. The van der Waals surface area contributed by atoms with E-state index in [4.69, 9.17) is 11.6 Å². The van der Waals surface area contributed by atoms with Crippen molar-refractivity contribution in [2.75, 3.05) is 5.75 Å². The van der Waals surface area contributed by atoms with Crippen LogP contribution in [0.3, 0.4) is 0 Å². The maximum Gasteiger partial charge on any atom is 0.257 e. The minimum Gasteiger partial charge on any atom is -0.223 e. The van der Waals surface area contributed by atoms with Crippen molar-refractivity contribution in [3.63, 3.8) is 0 Å². The molecular weight excluding hydrogens is 236 g/mol. The number of hydrogen-bond acceptors (Lipinski definition) is 6. The smallest absolute Gasteiger partial charge is 0.223 e. The third-order valence-corrected chi connectivity index (χ3v) is 2.37. The van der Waals surface area contributed by atoms with Crippen molar-refractivity contribution in [1.82, 2.24) is 29.7 Å². The van der Waals surface area contributed by atoms with Gasteiger partial charge in [-0.25, -0.2) is 4.98 Å². The van der Waals surface area contributed by atoms with Crippen molar-refractivity contribution in [3.8, 4) is 5.95 Å². The second-order valence-corrected chi connectivity index (χ2v) is 4.03. The van der Waals surface area contributed by atoms with Crippen molar-refractivity contribution in [2.24, 2.45) is 0 Å². The Balaban J connectivity index is 2.40. The number of thioether (sulfide) groups is 1. The van der Waals surface area contributed by atoms with E-state index >= 15 is 0 Å². The summed E-state index contributed by atoms with van der Waals surface area (Å²) in [6, 6.07) is 0. The average molecular weight is 243 g/mol. The summed E-state index contributed by atoms with van der Waals surface area (Å²) in [6.07, 6.45) is 2.91. The second kappa shape index (κ2) is 4.54. The first-order valence-corrected chi connectivity index (χ1v) is 5.55. The van der Waals surface area contributed by atoms with Gasteiger partial charge in [-0.05, 0) is 17.4 Å². The van der Waals surface area contributed by atoms with Gasteiger partial charge in [0.2, 0.25) is 5.28 Å². The van der Waals surface area contributed by atoms with Crippen LogP contribution in [-0.4, -0.2) is 35.5 Å². The van der Waals surface area contributed by atoms with Crippen LogP contribution in [0.4, 0.5) is 0 Å². The second-order valence-electron chi connectivity index (χ2n) is 2.46. The molecule has 0 saturated carbocycles. The zero-order valence-corrected chi connectivity index (χ0v) is 9.40. The zero-order valence-electron chi connectivity index (χ0n) is 7.83. The van der Waals surface area contributed by atoms with Gasteiger partial charge in [-0.2, -0.15) is 24.7 Å². The largest absolute Gasteiger partial charge is 0.257 e. The molecule has 2 rings (SSSR count). The molecule has 78 valence electrons. The highest BCUT2D eigenvalue weighted by Crippen LogP contribution is 2.14. The lowest BCUT2D eigenvalue weighted by molar-refractivity contribution is 0.757. The summed E-state index contributed by atoms with van der Waals surface area (Å²) in [7, 11) is 0. The third-order valence-electron chi connectivity index (χ3n) is 1.47. The summed E-state index contributed by atoms with van der Waals surface area (Å²) in [5.41, 5.74) is 0. The maximum absolute atomic E-state index is 5.77. The molecule has 0 atom stereocenters. The van der Waals surface area contributed by atoms with Gasteiger partial charge < -0.3 is 0 Å². The molecule has 0 aliphatic heterocycles. The lowest BCUT2D eigenvalue weighted by Gasteiger charge is -2.01. The van der Waals surface area contributed by atoms with E-state index in [1.54, 1.807) is 0 Å². The predicted molar refractivity (Wildman–Crippen MR) is 56.2 cm³/mol. The molecule has 0 bridgehead atoms. The summed E-state index contributed by atoms with van der Waals surface area (Å²) in [4.78, 5) is 15.9. The lowest BCUT2D eigenvalue weighted by Crippen LogP contribution is -2.04. The molecule has 0 fully saturated rings. The molecule has 8 heteroatoms. The van der Waals surface area contributed by atoms with Crippen LogP contribution in [0.15, 0.2) is 17.8 Å². The van der Waals surface area contributed by atoms with E-state index < -0.39 is 0 Å². The first-order valence-electron chi connectivity index (χ1n) is 4.19. The molecular formula is C7H7ClN6S. The fourth-order valence-electron chi connectivity index (χ4n) is 0.930. The maximum atomic E-state index is 5.77. The van der Waals surface area contributed by atoms with Gasteiger partial charge in [-0.15, -0.1) is 0 Å². The Labute approximate surface area is 95.1 Å². The van der Waals surface area contributed by atoms with E-state index in [2.05, 4.69) is 25.0 Å². The van der Waals surface area contributed by atoms with Crippen molar-refractivity contribution in [1.29, 1.82) is 0 Å². The summed E-state index contributed by atoms with van der Waals surface area (Å²) in [5, 5.41) is 4.66. The SMILES string of the molecule is CCSc1nc(Cl)nc(-n2cncn2)n1. The predicted octanol–water partition coefficient (Wildman–Crippen LogP) is 1.22. The van der Waals surface area contributed by atoms with Crippen LogP contribution in [0.25, 0.3) is 5.95 Å². The minimum absolute atomic E-state index is 0.159. The van der Waals surface area contributed by atoms with Gasteiger partial charge in [0.1, 0.15) is 12.7 Å². The highest BCUT2D eigenvalue weighted by molar-refractivity contribution is 7.99. The van der Waals surface area contributed by atoms with Gasteiger partial charge in [0.05, 0.1) is 0 Å². The molecule has 0 aromatic carbocycles. The Hall–Kier alpha value is -1.21. The normalized spacial score (nSPS) is 10.5. The van der Waals surface area contributed by atoms with Crippen molar-refractivity contribution in [3.05, 3.63) is 17.9 Å². The molecule has 0 N–H and O–H groups in total. The lowest BCUT2D eigenvalue weighted by atomic mass is 10.9. The fourth-order valence-corrected chi connectivity index (χ4v) is 1.69. The Kier molecular flexibility index (Phi) is 3.12. The number of halogens is 1. The molecule has 0 amide bonds. The van der Waals surface area contributed by atoms with Crippen LogP contribution in [-0.2, 0) is 0 Å². The molecule has 2 aromatic rings. The number of hydrogen-bond donors (Lipinski definition) is 0. The fraction of sp³-hybridized carbons (Fsp3) is 0.286. The van der Waals surface area contributed by atoms with E-state index in [9.17, 15) is 0 Å². The van der Waals surface area contributed by atoms with Gasteiger partial charge in [0.15, 0.2) is 5.16 Å². The van der Waals surface area contributed by atoms with E-state index in [1.807, 2.05) is 6.92 Å². The van der Waals surface area contributed by atoms with Crippen LogP contribution < -0.4 is 0 Å². The molecule has 2 heterocycles. The van der Waals surface area contributed by atoms with Crippen molar-refractivity contribution < 1.29 is 0 Å². The first kappa shape index (κ1) is 10.3. The Bertz CT molecular complexity index is 445. The molecule has 15 heavy (non-hydrogen) atoms. The highest BCUT2D eigenvalue weighted by atomic mass is 35.5. The van der Waals surface area contributed by atoms with E-state index in [1.165, 1.54) is 29.1 Å². The molecule has 0 aliphatic carbocycles. The zero-order chi connectivity index (χ0) is 10.7. The molecule has 0 aliphatic rings. The molecule has 0 radical (unpaired) electrons. The van der Waals surface area contributed by atoms with E-state index in [-0.39, 0.29) is 5.28 Å². The van der Waals surface area contributed by atoms with Gasteiger partial charge in [0, 0.05) is 0 Å². The topological polar surface area (TPSA) is 69.4 Å². The average Bonchev–Trinajstić information content (AvgIpc) is 2.70. The van der Waals surface area contributed by atoms with E-state index in [0.717, 1.165) is 5.75 Å². The third kappa shape index (κ3) is 2.42. The molecule has 2 aromatic heterocycles. The van der Waals surface area contributed by atoms with Crippen LogP contribution in [0.1, 0.15) is 6.92 Å². The van der Waals surface area contributed by atoms with Crippen molar-refractivity contribution >= 4 is 23.4 Å². The Morgan fingerprint density at radius 3 is 2.93 bits per heavy atom.